The van der Waals surface area contributed by atoms with Gasteiger partial charge in [-0.2, -0.15) is 4.31 Å². The number of hydrogen-bond donors (Lipinski definition) is 2. The van der Waals surface area contributed by atoms with Crippen molar-refractivity contribution in [1.82, 2.24) is 14.9 Å². The molecule has 0 spiro atoms. The molecule has 354 valence electrons. The predicted octanol–water partition coefficient (Wildman–Crippen LogP) is 11.2. The minimum atomic E-state index is -4.14. The first-order valence-corrected chi connectivity index (χ1v) is 29.7. The lowest BCUT2D eigenvalue weighted by Crippen LogP contribution is -2.52. The van der Waals surface area contributed by atoms with Crippen molar-refractivity contribution in [2.45, 2.75) is 154 Å². The number of hydrogen-bond acceptors (Lipinski definition) is 7. The first-order valence-electron chi connectivity index (χ1n) is 22.5. The number of alkyl halides is 2. The van der Waals surface area contributed by atoms with Gasteiger partial charge in [0.1, 0.15) is 6.04 Å². The molecular formula is C48H77F2N3O7SSi2. The molecule has 63 heavy (non-hydrogen) atoms. The number of unbranched alkanes of at least 4 members (excludes halogenated alkanes) is 2. The maximum Gasteiger partial charge on any atom is 0.407 e. The number of halogens is 2. The van der Waals surface area contributed by atoms with Gasteiger partial charge in [-0.05, 0) is 84.2 Å². The third kappa shape index (κ3) is 15.4. The van der Waals surface area contributed by atoms with Crippen molar-refractivity contribution in [3.63, 3.8) is 0 Å². The van der Waals surface area contributed by atoms with Crippen LogP contribution in [0.4, 0.5) is 13.6 Å². The van der Waals surface area contributed by atoms with E-state index >= 15 is 8.78 Å². The fourth-order valence-electron chi connectivity index (χ4n) is 7.02. The van der Waals surface area contributed by atoms with Crippen molar-refractivity contribution in [2.75, 3.05) is 33.4 Å². The summed E-state index contributed by atoms with van der Waals surface area (Å²) in [6.45, 7) is 24.7. The molecule has 2 aromatic rings. The molecule has 0 bridgehead atoms. The molecule has 0 aromatic heterocycles. The van der Waals surface area contributed by atoms with E-state index in [1.165, 1.54) is 11.4 Å². The quantitative estimate of drug-likeness (QED) is 0.0840. The number of carbonyl (C=O) groups is 2. The van der Waals surface area contributed by atoms with Crippen LogP contribution in [0, 0.1) is 5.92 Å². The summed E-state index contributed by atoms with van der Waals surface area (Å²) < 4.78 is 81.7. The Morgan fingerprint density at radius 3 is 1.89 bits per heavy atom. The van der Waals surface area contributed by atoms with E-state index < -0.39 is 75.5 Å². The second-order valence-corrected chi connectivity index (χ2v) is 31.6. The zero-order valence-electron chi connectivity index (χ0n) is 40.3. The van der Waals surface area contributed by atoms with Crippen molar-refractivity contribution >= 4 is 38.7 Å². The van der Waals surface area contributed by atoms with E-state index in [9.17, 15) is 18.0 Å². The first-order chi connectivity index (χ1) is 29.2. The largest absolute Gasteiger partial charge is 0.453 e. The average Bonchev–Trinajstić information content (AvgIpc) is 3.20. The normalized spacial score (nSPS) is 16.6. The summed E-state index contributed by atoms with van der Waals surface area (Å²) in [5.74, 6) is -5.36. The zero-order valence-corrected chi connectivity index (χ0v) is 43.1. The Morgan fingerprint density at radius 2 is 1.40 bits per heavy atom. The fourth-order valence-corrected chi connectivity index (χ4v) is 11.1. The van der Waals surface area contributed by atoms with Gasteiger partial charge < -0.3 is 24.2 Å². The Morgan fingerprint density at radius 1 is 0.857 bits per heavy atom. The van der Waals surface area contributed by atoms with Gasteiger partial charge in [-0.15, -0.1) is 0 Å². The average molecular weight is 934 g/mol. The molecule has 2 amide bonds. The summed E-state index contributed by atoms with van der Waals surface area (Å²) in [6.07, 6.45) is 4.37. The predicted molar refractivity (Wildman–Crippen MR) is 256 cm³/mol. The fraction of sp³-hybridized carbons (Fsp3) is 0.625. The Labute approximate surface area is 380 Å². The van der Waals surface area contributed by atoms with E-state index in [1.807, 2.05) is 56.3 Å². The van der Waals surface area contributed by atoms with Gasteiger partial charge in [-0.25, -0.2) is 22.0 Å². The monoisotopic (exact) mass is 933 g/mol. The first kappa shape index (κ1) is 54.1. The zero-order chi connectivity index (χ0) is 47.4. The molecule has 1 aliphatic rings. The van der Waals surface area contributed by atoms with Crippen molar-refractivity contribution in [3.05, 3.63) is 94.4 Å². The smallest absolute Gasteiger partial charge is 0.407 e. The van der Waals surface area contributed by atoms with E-state index in [0.29, 0.717) is 30.6 Å². The number of sulfonamides is 1. The number of carbonyl (C=O) groups excluding carboxylic acids is 2. The number of nitrogens with zero attached hydrogens (tertiary/aromatic N) is 1. The lowest BCUT2D eigenvalue weighted by atomic mass is 9.84. The Balaban J connectivity index is 1.96. The number of benzene rings is 2. The third-order valence-electron chi connectivity index (χ3n) is 13.2. The summed E-state index contributed by atoms with van der Waals surface area (Å²) in [5, 5.41) is 4.83. The number of nitrogens with one attached hydrogen (secondary N) is 2. The highest BCUT2D eigenvalue weighted by molar-refractivity contribution is 7.93. The molecule has 3 rings (SSSR count). The molecule has 3 atom stereocenters. The van der Waals surface area contributed by atoms with Gasteiger partial charge >= 0.3 is 6.09 Å². The summed E-state index contributed by atoms with van der Waals surface area (Å²) in [4.78, 5) is 26.9. The molecule has 15 heteroatoms. The number of allylic oxidation sites excluding steroid dienone is 3. The Bertz CT molecular complexity index is 1910. The highest BCUT2D eigenvalue weighted by Gasteiger charge is 2.43. The van der Waals surface area contributed by atoms with Crippen LogP contribution in [0.5, 0.6) is 0 Å². The van der Waals surface area contributed by atoms with Gasteiger partial charge in [0, 0.05) is 24.9 Å². The molecule has 0 saturated carbocycles. The molecule has 0 saturated heterocycles. The summed E-state index contributed by atoms with van der Waals surface area (Å²) in [7, 11) is -7.48. The molecule has 2 aromatic carbocycles. The highest BCUT2D eigenvalue weighted by Crippen LogP contribution is 2.40. The van der Waals surface area contributed by atoms with Crippen LogP contribution in [0.1, 0.15) is 111 Å². The molecule has 0 fully saturated rings. The van der Waals surface area contributed by atoms with Crippen molar-refractivity contribution in [3.8, 4) is 0 Å². The molecule has 1 aliphatic carbocycles. The number of rotatable bonds is 23. The highest BCUT2D eigenvalue weighted by atomic mass is 32.2. The molecule has 2 N–H and O–H groups in total. The topological polar surface area (TPSA) is 123 Å². The lowest BCUT2D eigenvalue weighted by molar-refractivity contribution is -0.125. The van der Waals surface area contributed by atoms with Gasteiger partial charge in [0.15, 0.2) is 16.6 Å². The van der Waals surface area contributed by atoms with Crippen molar-refractivity contribution in [1.29, 1.82) is 0 Å². The summed E-state index contributed by atoms with van der Waals surface area (Å²) in [5.41, 5.74) is 2.40. The minimum Gasteiger partial charge on any atom is -0.453 e. The number of amides is 2. The van der Waals surface area contributed by atoms with Crippen molar-refractivity contribution < 1.29 is 40.4 Å². The van der Waals surface area contributed by atoms with Crippen LogP contribution in [-0.4, -0.2) is 92.8 Å². The molecule has 3 unspecified atom stereocenters. The minimum absolute atomic E-state index is 0.0268. The van der Waals surface area contributed by atoms with Crippen molar-refractivity contribution in [2.24, 2.45) is 5.92 Å². The second kappa shape index (κ2) is 22.8. The van der Waals surface area contributed by atoms with E-state index in [-0.39, 0.29) is 40.5 Å². The van der Waals surface area contributed by atoms with E-state index in [0.717, 1.165) is 18.4 Å². The van der Waals surface area contributed by atoms with Crippen LogP contribution in [0.15, 0.2) is 83.3 Å². The van der Waals surface area contributed by atoms with Crippen LogP contribution in [0.25, 0.3) is 0 Å². The van der Waals surface area contributed by atoms with E-state index in [2.05, 4.69) is 78.4 Å². The van der Waals surface area contributed by atoms with Crippen LogP contribution in [0.2, 0.25) is 36.3 Å². The standard InChI is InChI=1S/C48H77F2N3O7SSi2/c1-14-15-22-31-53(61(56,57)41-28-27-37(32-36(41)2)33-59-62(10,11)46(3,4)5)40(34-60-63(12,13)47(6,7)8)29-30-48(49,50)35-51-44(54)43(52-45(55)58-9)42(38-23-18-16-19-24-38)39-25-20-17-21-26-39/h16-21,23-28,36,40,42-43H,14-15,22,29-35H2,1-13H3,(H,51,54)(H,52,55). The Hall–Kier alpha value is -3.22. The molecule has 0 heterocycles. The number of methoxy groups -OCH3 is 1. The summed E-state index contributed by atoms with van der Waals surface area (Å²) >= 11 is 0. The van der Waals surface area contributed by atoms with Crippen LogP contribution >= 0.6 is 0 Å². The maximum absolute atomic E-state index is 16.2. The summed E-state index contributed by atoms with van der Waals surface area (Å²) in [6, 6.07) is 15.9. The lowest BCUT2D eigenvalue weighted by Gasteiger charge is -2.40. The van der Waals surface area contributed by atoms with Gasteiger partial charge in [-0.3, -0.25) is 4.79 Å². The van der Waals surface area contributed by atoms with E-state index in [1.54, 1.807) is 30.3 Å². The van der Waals surface area contributed by atoms with Gasteiger partial charge in [0.25, 0.3) is 5.92 Å². The molecule has 10 nitrogen and oxygen atoms in total. The number of ether oxygens (including phenoxy) is 1. The van der Waals surface area contributed by atoms with Gasteiger partial charge in [-0.1, -0.05) is 135 Å². The second-order valence-electron chi connectivity index (χ2n) is 20.1. The maximum atomic E-state index is 16.2. The third-order valence-corrected chi connectivity index (χ3v) is 24.4. The molecule has 0 aliphatic heterocycles. The van der Waals surface area contributed by atoms with Crippen LogP contribution in [-0.2, 0) is 28.4 Å². The van der Waals surface area contributed by atoms with Gasteiger partial charge in [0.05, 0.1) is 31.8 Å². The number of alkyl carbamates (subject to hydrolysis) is 1. The van der Waals surface area contributed by atoms with Crippen LogP contribution < -0.4 is 10.6 Å². The van der Waals surface area contributed by atoms with E-state index in [4.69, 9.17) is 13.6 Å². The van der Waals surface area contributed by atoms with Gasteiger partial charge in [0.2, 0.25) is 15.9 Å². The van der Waals surface area contributed by atoms with Crippen LogP contribution in [0.3, 0.4) is 0 Å². The SMILES string of the molecule is CCCCCN(C(CCC(F)(F)CNC(=O)C(NC(=O)OC)C(c1ccccc1)c1ccccc1)CO[Si](C)(C)C(C)(C)C)S(=O)(=O)C1=CC=C(CO[Si](C)(C)C(C)(C)C)CC1C. The Kier molecular flexibility index (Phi) is 19.6. The molecular weight excluding hydrogens is 857 g/mol. The molecule has 0 radical (unpaired) electrons.